The van der Waals surface area contributed by atoms with E-state index in [4.69, 9.17) is 5.21 Å². The maximum absolute atomic E-state index is 12.5. The molecule has 0 heterocycles. The number of phenolic OH excluding ortho intramolecular Hbond substituents is 1. The number of hydrogen-bond donors (Lipinski definition) is 2. The summed E-state index contributed by atoms with van der Waals surface area (Å²) in [6.07, 6.45) is 4.47. The minimum Gasteiger partial charge on any atom is -0.508 e. The van der Waals surface area contributed by atoms with Crippen LogP contribution in [0.25, 0.3) is 0 Å². The number of fused-ring (bicyclic) bond motifs is 5. The second kappa shape index (κ2) is 4.58. The van der Waals surface area contributed by atoms with Crippen LogP contribution >= 0.6 is 0 Å². The largest absolute Gasteiger partial charge is 0.508 e. The van der Waals surface area contributed by atoms with Crippen LogP contribution in [0.15, 0.2) is 23.4 Å². The molecule has 0 aromatic heterocycles. The van der Waals surface area contributed by atoms with Gasteiger partial charge >= 0.3 is 0 Å². The molecule has 4 heteroatoms. The van der Waals surface area contributed by atoms with Crippen molar-refractivity contribution in [3.8, 4) is 5.75 Å². The molecule has 2 fully saturated rings. The Balaban J connectivity index is 1.74. The summed E-state index contributed by atoms with van der Waals surface area (Å²) in [5.74, 6) is 1.61. The summed E-state index contributed by atoms with van der Waals surface area (Å²) in [4.78, 5) is 12.5. The average molecular weight is 299 g/mol. The van der Waals surface area contributed by atoms with E-state index < -0.39 is 0 Å². The van der Waals surface area contributed by atoms with Gasteiger partial charge in [-0.05, 0) is 66.7 Å². The Kier molecular flexibility index (Phi) is 2.87. The van der Waals surface area contributed by atoms with Crippen molar-refractivity contribution in [1.29, 1.82) is 0 Å². The first-order valence-corrected chi connectivity index (χ1v) is 8.12. The predicted octanol–water partition coefficient (Wildman–Crippen LogP) is 3.26. The molecule has 4 rings (SSSR count). The van der Waals surface area contributed by atoms with E-state index in [9.17, 15) is 9.90 Å². The Morgan fingerprint density at radius 1 is 1.32 bits per heavy atom. The Bertz CT molecular complexity index is 681. The van der Waals surface area contributed by atoms with E-state index >= 15 is 0 Å². The van der Waals surface area contributed by atoms with Crippen LogP contribution in [0.4, 0.5) is 0 Å². The molecule has 1 aromatic rings. The number of ketones is 1. The molecule has 0 radical (unpaired) electrons. The van der Waals surface area contributed by atoms with Crippen LogP contribution in [0.3, 0.4) is 0 Å². The van der Waals surface area contributed by atoms with Crippen molar-refractivity contribution >= 4 is 11.5 Å². The van der Waals surface area contributed by atoms with Crippen LogP contribution in [0, 0.1) is 17.3 Å². The van der Waals surface area contributed by atoms with Gasteiger partial charge in [0.05, 0.1) is 0 Å². The van der Waals surface area contributed by atoms with Gasteiger partial charge in [-0.2, -0.15) is 0 Å². The molecule has 0 spiro atoms. The number of nitrogens with zero attached hydrogens (tertiary/aromatic N) is 1. The van der Waals surface area contributed by atoms with E-state index in [1.807, 2.05) is 6.07 Å². The van der Waals surface area contributed by atoms with Gasteiger partial charge in [-0.3, -0.25) is 4.79 Å². The zero-order valence-corrected chi connectivity index (χ0v) is 12.7. The smallest absolute Gasteiger partial charge is 0.186 e. The zero-order chi connectivity index (χ0) is 15.5. The summed E-state index contributed by atoms with van der Waals surface area (Å²) in [5, 5.41) is 22.1. The van der Waals surface area contributed by atoms with Gasteiger partial charge in [-0.25, -0.2) is 0 Å². The van der Waals surface area contributed by atoms with Crippen LogP contribution in [-0.2, 0) is 11.2 Å². The highest BCUT2D eigenvalue weighted by atomic mass is 16.4. The normalized spacial score (nSPS) is 38.5. The zero-order valence-electron chi connectivity index (χ0n) is 12.7. The van der Waals surface area contributed by atoms with Crippen molar-refractivity contribution in [2.24, 2.45) is 22.4 Å². The summed E-state index contributed by atoms with van der Waals surface area (Å²) < 4.78 is 0. The van der Waals surface area contributed by atoms with Gasteiger partial charge in [0.15, 0.2) is 5.78 Å². The van der Waals surface area contributed by atoms with Crippen molar-refractivity contribution < 1.29 is 15.1 Å². The molecule has 3 aliphatic rings. The highest BCUT2D eigenvalue weighted by Gasteiger charge is 2.57. The highest BCUT2D eigenvalue weighted by Crippen LogP contribution is 2.59. The molecule has 116 valence electrons. The molecule has 4 nitrogen and oxygen atoms in total. The van der Waals surface area contributed by atoms with Crippen molar-refractivity contribution in [2.45, 2.75) is 44.9 Å². The molecular formula is C18H21NO3. The number of aromatic hydroxyl groups is 1. The fourth-order valence-electron chi connectivity index (χ4n) is 5.26. The molecule has 0 aliphatic heterocycles. The van der Waals surface area contributed by atoms with Gasteiger partial charge in [0.25, 0.3) is 0 Å². The molecule has 1 aromatic carbocycles. The van der Waals surface area contributed by atoms with Crippen LogP contribution in [-0.4, -0.2) is 21.8 Å². The lowest BCUT2D eigenvalue weighted by atomic mass is 9.55. The van der Waals surface area contributed by atoms with E-state index in [2.05, 4.69) is 18.1 Å². The standard InChI is InChI=1S/C18H21NO3/c1-18-7-6-13-12-5-3-11(20)8-10(12)2-4-14(13)15(18)9-16(19-22)17(18)21/h3,5,8,13-15,20,22H,2,4,6-7,9H2,1H3/b19-16-/t13-,14+,15+,18-/m1/s1. The maximum Gasteiger partial charge on any atom is 0.186 e. The number of rotatable bonds is 0. The van der Waals surface area contributed by atoms with Crippen LogP contribution < -0.4 is 0 Å². The first kappa shape index (κ1) is 13.8. The van der Waals surface area contributed by atoms with E-state index in [1.165, 1.54) is 11.1 Å². The number of benzene rings is 1. The Morgan fingerprint density at radius 2 is 2.14 bits per heavy atom. The summed E-state index contributed by atoms with van der Waals surface area (Å²) in [6, 6.07) is 5.72. The second-order valence-corrected chi connectivity index (χ2v) is 7.33. The molecular weight excluding hydrogens is 278 g/mol. The molecule has 3 aliphatic carbocycles. The van der Waals surface area contributed by atoms with Gasteiger partial charge in [-0.15, -0.1) is 0 Å². The topological polar surface area (TPSA) is 69.9 Å². The molecule has 0 bridgehead atoms. The van der Waals surface area contributed by atoms with Gasteiger partial charge in [0.1, 0.15) is 11.5 Å². The third kappa shape index (κ3) is 1.70. The average Bonchev–Trinajstić information content (AvgIpc) is 2.78. The third-order valence-corrected chi connectivity index (χ3v) is 6.41. The molecule has 0 unspecified atom stereocenters. The van der Waals surface area contributed by atoms with E-state index in [-0.39, 0.29) is 17.1 Å². The van der Waals surface area contributed by atoms with Crippen LogP contribution in [0.2, 0.25) is 0 Å². The van der Waals surface area contributed by atoms with Crippen molar-refractivity contribution in [3.05, 3.63) is 29.3 Å². The van der Waals surface area contributed by atoms with Gasteiger partial charge in [0, 0.05) is 11.8 Å². The minimum atomic E-state index is -0.350. The second-order valence-electron chi connectivity index (χ2n) is 7.33. The number of oxime groups is 1. The molecule has 2 N–H and O–H groups in total. The van der Waals surface area contributed by atoms with E-state index in [0.29, 0.717) is 29.7 Å². The molecule has 22 heavy (non-hydrogen) atoms. The van der Waals surface area contributed by atoms with E-state index in [0.717, 1.165) is 25.7 Å². The summed E-state index contributed by atoms with van der Waals surface area (Å²) in [6.45, 7) is 2.06. The van der Waals surface area contributed by atoms with Crippen molar-refractivity contribution in [3.63, 3.8) is 0 Å². The molecule has 0 saturated heterocycles. The first-order chi connectivity index (χ1) is 10.5. The van der Waals surface area contributed by atoms with Crippen LogP contribution in [0.1, 0.15) is 49.7 Å². The molecule has 0 amide bonds. The Hall–Kier alpha value is -1.84. The fraction of sp³-hybridized carbons (Fsp3) is 0.556. The summed E-state index contributed by atoms with van der Waals surface area (Å²) in [7, 11) is 0. The van der Waals surface area contributed by atoms with Crippen molar-refractivity contribution in [2.75, 3.05) is 0 Å². The third-order valence-electron chi connectivity index (χ3n) is 6.41. The van der Waals surface area contributed by atoms with E-state index in [1.54, 1.807) is 6.07 Å². The lowest BCUT2D eigenvalue weighted by molar-refractivity contribution is -0.125. The summed E-state index contributed by atoms with van der Waals surface area (Å²) >= 11 is 0. The van der Waals surface area contributed by atoms with Crippen LogP contribution in [0.5, 0.6) is 5.75 Å². The van der Waals surface area contributed by atoms with Gasteiger partial charge in [0.2, 0.25) is 0 Å². The number of Topliss-reactive ketones (excluding diaryl/α,β-unsaturated/α-hetero) is 1. The predicted molar refractivity (Wildman–Crippen MR) is 82.3 cm³/mol. The number of carbonyl (C=O) groups excluding carboxylic acids is 1. The first-order valence-electron chi connectivity index (χ1n) is 8.12. The molecule has 4 atom stereocenters. The fourth-order valence-corrected chi connectivity index (χ4v) is 5.26. The van der Waals surface area contributed by atoms with Crippen molar-refractivity contribution in [1.82, 2.24) is 0 Å². The number of phenols is 1. The lowest BCUT2D eigenvalue weighted by Gasteiger charge is -2.47. The van der Waals surface area contributed by atoms with Gasteiger partial charge < -0.3 is 10.3 Å². The highest BCUT2D eigenvalue weighted by molar-refractivity contribution is 6.43. The number of hydrogen-bond acceptors (Lipinski definition) is 4. The number of aryl methyl sites for hydroxylation is 1. The monoisotopic (exact) mass is 299 g/mol. The Morgan fingerprint density at radius 3 is 2.91 bits per heavy atom. The van der Waals surface area contributed by atoms with Gasteiger partial charge in [-0.1, -0.05) is 18.1 Å². The molecule has 2 saturated carbocycles. The summed E-state index contributed by atoms with van der Waals surface area (Å²) in [5.41, 5.74) is 2.62. The minimum absolute atomic E-state index is 0.0509. The number of carbonyl (C=O) groups is 1. The SMILES string of the molecule is C[C@@]12CC[C@@H]3c4ccc(O)cc4CC[C@@H]3[C@@H]1C/C(=N/O)C2=O. The maximum atomic E-state index is 12.5. The quantitative estimate of drug-likeness (QED) is 0.570. The Labute approximate surface area is 129 Å². The lowest BCUT2D eigenvalue weighted by Crippen LogP contribution is -2.42.